The van der Waals surface area contributed by atoms with Gasteiger partial charge in [-0.2, -0.15) is 5.10 Å². The average molecular weight is 393 g/mol. The van der Waals surface area contributed by atoms with Crippen LogP contribution in [0.15, 0.2) is 42.6 Å². The minimum absolute atomic E-state index is 0.0281. The molecule has 1 N–H and O–H groups in total. The first-order chi connectivity index (χ1) is 14.1. The van der Waals surface area contributed by atoms with E-state index in [-0.39, 0.29) is 5.91 Å². The van der Waals surface area contributed by atoms with Crippen molar-refractivity contribution in [1.29, 1.82) is 0 Å². The fraction of sp³-hybridized carbons (Fsp3) is 0.409. The second-order valence-corrected chi connectivity index (χ2v) is 7.53. The number of likely N-dealkylation sites (tertiary alicyclic amines) is 1. The summed E-state index contributed by atoms with van der Waals surface area (Å²) in [5, 5.41) is 8.84. The maximum absolute atomic E-state index is 11.2. The molecule has 7 nitrogen and oxygen atoms in total. The fourth-order valence-electron chi connectivity index (χ4n) is 4.02. The van der Waals surface area contributed by atoms with Crippen molar-refractivity contribution < 1.29 is 9.53 Å². The number of nitrogens with one attached hydrogen (secondary N) is 1. The molecule has 7 heteroatoms. The Labute approximate surface area is 170 Å². The van der Waals surface area contributed by atoms with E-state index in [9.17, 15) is 4.79 Å². The molecule has 1 aliphatic heterocycles. The molecule has 1 unspecified atom stereocenters. The van der Waals surface area contributed by atoms with Crippen LogP contribution >= 0.6 is 0 Å². The van der Waals surface area contributed by atoms with E-state index >= 15 is 0 Å². The molecule has 1 saturated heterocycles. The quantitative estimate of drug-likeness (QED) is 0.668. The molecule has 1 aromatic carbocycles. The van der Waals surface area contributed by atoms with E-state index in [1.54, 1.807) is 13.3 Å². The van der Waals surface area contributed by atoms with E-state index in [0.29, 0.717) is 19.0 Å². The minimum Gasteiger partial charge on any atom is -0.497 e. The number of fused-ring (bicyclic) bond motifs is 1. The molecular formula is C22H27N5O2. The lowest BCUT2D eigenvalue weighted by molar-refractivity contribution is -0.118. The summed E-state index contributed by atoms with van der Waals surface area (Å²) in [6.07, 6.45) is 2.89. The van der Waals surface area contributed by atoms with Gasteiger partial charge in [-0.25, -0.2) is 9.67 Å². The molecule has 0 radical (unpaired) electrons. The Bertz CT molecular complexity index is 983. The summed E-state index contributed by atoms with van der Waals surface area (Å²) in [6, 6.07) is 12.4. The van der Waals surface area contributed by atoms with E-state index in [1.165, 1.54) is 12.5 Å². The van der Waals surface area contributed by atoms with E-state index < -0.39 is 0 Å². The van der Waals surface area contributed by atoms with Gasteiger partial charge in [0.2, 0.25) is 5.91 Å². The number of nitrogens with zero attached hydrogens (tertiary/aromatic N) is 4. The molecule has 1 atom stereocenters. The third kappa shape index (κ3) is 4.40. The van der Waals surface area contributed by atoms with Crippen molar-refractivity contribution in [1.82, 2.24) is 25.0 Å². The molecule has 152 valence electrons. The van der Waals surface area contributed by atoms with Crippen LogP contribution in [0.1, 0.15) is 30.5 Å². The number of ether oxygens (including phenoxy) is 1. The normalized spacial score (nSPS) is 17.0. The molecule has 1 fully saturated rings. The van der Waals surface area contributed by atoms with E-state index in [4.69, 9.17) is 9.84 Å². The molecule has 2 aromatic heterocycles. The number of hydrogen-bond donors (Lipinski definition) is 1. The highest BCUT2D eigenvalue weighted by molar-refractivity contribution is 5.79. The summed E-state index contributed by atoms with van der Waals surface area (Å²) < 4.78 is 7.17. The third-order valence-corrected chi connectivity index (χ3v) is 5.46. The van der Waals surface area contributed by atoms with Crippen molar-refractivity contribution in [3.05, 3.63) is 53.9 Å². The van der Waals surface area contributed by atoms with Crippen LogP contribution in [0, 0.1) is 0 Å². The smallest absolute Gasteiger partial charge is 0.216 e. The summed E-state index contributed by atoms with van der Waals surface area (Å²) >= 11 is 0. The van der Waals surface area contributed by atoms with Crippen LogP contribution in [0.25, 0.3) is 11.0 Å². The highest BCUT2D eigenvalue weighted by Gasteiger charge is 2.28. The van der Waals surface area contributed by atoms with E-state index in [2.05, 4.69) is 33.4 Å². The van der Waals surface area contributed by atoms with Crippen molar-refractivity contribution in [2.45, 2.75) is 32.4 Å². The van der Waals surface area contributed by atoms with Gasteiger partial charge < -0.3 is 10.1 Å². The predicted molar refractivity (Wildman–Crippen MR) is 112 cm³/mol. The Morgan fingerprint density at radius 3 is 2.86 bits per heavy atom. The average Bonchev–Trinajstić information content (AvgIpc) is 3.33. The van der Waals surface area contributed by atoms with Crippen LogP contribution in [-0.4, -0.2) is 52.3 Å². The molecule has 0 spiro atoms. The van der Waals surface area contributed by atoms with Crippen LogP contribution in [-0.2, 0) is 17.9 Å². The molecule has 3 heterocycles. The first-order valence-corrected chi connectivity index (χ1v) is 10.0. The van der Waals surface area contributed by atoms with Gasteiger partial charge in [-0.3, -0.25) is 9.69 Å². The van der Waals surface area contributed by atoms with E-state index in [1.807, 2.05) is 22.9 Å². The largest absolute Gasteiger partial charge is 0.497 e. The first-order valence-electron chi connectivity index (χ1n) is 10.0. The summed E-state index contributed by atoms with van der Waals surface area (Å²) in [5.41, 5.74) is 3.30. The number of benzene rings is 1. The lowest BCUT2D eigenvalue weighted by Crippen LogP contribution is -2.25. The lowest BCUT2D eigenvalue weighted by Gasteiger charge is -2.16. The molecule has 0 aliphatic carbocycles. The number of methoxy groups -OCH3 is 1. The Morgan fingerprint density at radius 1 is 1.28 bits per heavy atom. The van der Waals surface area contributed by atoms with Crippen molar-refractivity contribution in [2.24, 2.45) is 0 Å². The highest BCUT2D eigenvalue weighted by Crippen LogP contribution is 2.32. The van der Waals surface area contributed by atoms with Gasteiger partial charge in [-0.1, -0.05) is 12.1 Å². The third-order valence-electron chi connectivity index (χ3n) is 5.46. The van der Waals surface area contributed by atoms with Gasteiger partial charge in [0.05, 0.1) is 19.3 Å². The number of carbonyl (C=O) groups excluding carboxylic acids is 1. The zero-order valence-electron chi connectivity index (χ0n) is 17.0. The lowest BCUT2D eigenvalue weighted by atomic mass is 10.0. The second kappa shape index (κ2) is 8.61. The number of carbonyl (C=O) groups is 1. The van der Waals surface area contributed by atoms with Crippen LogP contribution in [0.5, 0.6) is 5.75 Å². The summed E-state index contributed by atoms with van der Waals surface area (Å²) in [7, 11) is 1.69. The van der Waals surface area contributed by atoms with Gasteiger partial charge in [0, 0.05) is 44.1 Å². The van der Waals surface area contributed by atoms with Crippen molar-refractivity contribution in [3.8, 4) is 5.75 Å². The summed E-state index contributed by atoms with van der Waals surface area (Å²) in [6.45, 7) is 5.67. The fourth-order valence-corrected chi connectivity index (χ4v) is 4.02. The maximum Gasteiger partial charge on any atom is 0.216 e. The van der Waals surface area contributed by atoms with Crippen molar-refractivity contribution >= 4 is 16.9 Å². The highest BCUT2D eigenvalue weighted by atomic mass is 16.5. The topological polar surface area (TPSA) is 72.3 Å². The Balaban J connectivity index is 1.47. The number of pyridine rings is 1. The van der Waals surface area contributed by atoms with Crippen molar-refractivity contribution in [3.63, 3.8) is 0 Å². The molecule has 0 saturated carbocycles. The van der Waals surface area contributed by atoms with Crippen LogP contribution in [0.4, 0.5) is 0 Å². The Hall–Kier alpha value is -2.93. The van der Waals surface area contributed by atoms with Gasteiger partial charge in [-0.15, -0.1) is 0 Å². The number of aromatic nitrogens is 3. The molecule has 0 bridgehead atoms. The number of rotatable bonds is 7. The summed E-state index contributed by atoms with van der Waals surface area (Å²) in [5.74, 6) is 1.25. The molecule has 4 rings (SSSR count). The second-order valence-electron chi connectivity index (χ2n) is 7.53. The number of hydrogen-bond acceptors (Lipinski definition) is 5. The van der Waals surface area contributed by atoms with Crippen LogP contribution in [0.2, 0.25) is 0 Å². The van der Waals surface area contributed by atoms with Gasteiger partial charge in [0.25, 0.3) is 0 Å². The zero-order chi connectivity index (χ0) is 20.2. The Kier molecular flexibility index (Phi) is 5.76. The molecule has 1 aliphatic rings. The van der Waals surface area contributed by atoms with Crippen LogP contribution < -0.4 is 10.1 Å². The molecule has 1 amide bonds. The maximum atomic E-state index is 11.2. The summed E-state index contributed by atoms with van der Waals surface area (Å²) in [4.78, 5) is 18.2. The molecule has 29 heavy (non-hydrogen) atoms. The predicted octanol–water partition coefficient (Wildman–Crippen LogP) is 2.57. The van der Waals surface area contributed by atoms with Crippen molar-refractivity contribution in [2.75, 3.05) is 26.7 Å². The SMILES string of the molecule is COc1ccc(CN2CCC(c3nn(CCNC(C)=O)c4ncccc34)C2)cc1. The van der Waals surface area contributed by atoms with Gasteiger partial charge in [0.1, 0.15) is 5.75 Å². The Morgan fingerprint density at radius 2 is 2.10 bits per heavy atom. The standard InChI is InChI=1S/C22H27N5O2/c1-16(28)23-11-13-27-22-20(4-3-10-24-22)21(25-27)18-9-12-26(15-18)14-17-5-7-19(29-2)8-6-17/h3-8,10,18H,9,11-15H2,1-2H3,(H,23,28). The molecular weight excluding hydrogens is 366 g/mol. The first kappa shape index (κ1) is 19.4. The van der Waals surface area contributed by atoms with E-state index in [0.717, 1.165) is 48.5 Å². The molecule has 3 aromatic rings. The number of amides is 1. The van der Waals surface area contributed by atoms with Gasteiger partial charge in [-0.05, 0) is 42.8 Å². The van der Waals surface area contributed by atoms with Crippen LogP contribution in [0.3, 0.4) is 0 Å². The minimum atomic E-state index is -0.0281. The van der Waals surface area contributed by atoms with Gasteiger partial charge >= 0.3 is 0 Å². The zero-order valence-corrected chi connectivity index (χ0v) is 17.0. The monoisotopic (exact) mass is 393 g/mol. The van der Waals surface area contributed by atoms with Gasteiger partial charge in [0.15, 0.2) is 5.65 Å².